The molecule has 0 radical (unpaired) electrons. The maximum Gasteiger partial charge on any atom is 0.310 e. The summed E-state index contributed by atoms with van der Waals surface area (Å²) >= 11 is 0. The van der Waals surface area contributed by atoms with E-state index < -0.39 is 0 Å². The lowest BCUT2D eigenvalue weighted by molar-refractivity contribution is -0.153. The van der Waals surface area contributed by atoms with Crippen LogP contribution in [0.15, 0.2) is 29.8 Å². The molecule has 0 spiro atoms. The van der Waals surface area contributed by atoms with E-state index in [2.05, 4.69) is 40.7 Å². The standard InChI is InChI=1S/C39H60N2O4/c1-25(2)8-6-9-26(3)33-13-14-34-32-12-11-28-23-31(15-17-38(28,4)35(32)16-18-39(33,34)5)45-36(42)10-7-19-44-37(43)22-27-20-29(40)24-30(41)21-27/h11,20-21,24-26,31-35H,6-10,12-19,22-23,40-41H2,1-5H3. The van der Waals surface area contributed by atoms with E-state index in [1.54, 1.807) is 23.8 Å². The van der Waals surface area contributed by atoms with Gasteiger partial charge in [-0.1, -0.05) is 65.5 Å². The van der Waals surface area contributed by atoms with Gasteiger partial charge in [-0.3, -0.25) is 9.59 Å². The minimum absolute atomic E-state index is 0.0404. The molecule has 250 valence electrons. The number of benzene rings is 1. The van der Waals surface area contributed by atoms with E-state index in [4.69, 9.17) is 20.9 Å². The molecule has 4 aliphatic rings. The first kappa shape index (κ1) is 33.9. The lowest BCUT2D eigenvalue weighted by Gasteiger charge is -2.58. The highest BCUT2D eigenvalue weighted by atomic mass is 16.5. The van der Waals surface area contributed by atoms with Crippen molar-refractivity contribution in [3.63, 3.8) is 0 Å². The fraction of sp³-hybridized carbons (Fsp3) is 0.744. The molecule has 5 rings (SSSR count). The van der Waals surface area contributed by atoms with Crippen molar-refractivity contribution < 1.29 is 19.1 Å². The molecule has 6 nitrogen and oxygen atoms in total. The maximum atomic E-state index is 12.7. The van der Waals surface area contributed by atoms with Crippen molar-refractivity contribution in [2.45, 2.75) is 131 Å². The van der Waals surface area contributed by atoms with Crippen molar-refractivity contribution in [2.75, 3.05) is 18.1 Å². The first-order valence-corrected chi connectivity index (χ1v) is 18.1. The predicted octanol–water partition coefficient (Wildman–Crippen LogP) is 8.67. The summed E-state index contributed by atoms with van der Waals surface area (Å²) < 4.78 is 11.3. The Morgan fingerprint density at radius 1 is 0.911 bits per heavy atom. The van der Waals surface area contributed by atoms with Gasteiger partial charge in [-0.25, -0.2) is 0 Å². The minimum Gasteiger partial charge on any atom is -0.465 e. The average molecular weight is 621 g/mol. The third-order valence-corrected chi connectivity index (χ3v) is 12.7. The Hall–Kier alpha value is -2.50. The Balaban J connectivity index is 1.08. The van der Waals surface area contributed by atoms with Crippen LogP contribution >= 0.6 is 0 Å². The summed E-state index contributed by atoms with van der Waals surface area (Å²) in [6, 6.07) is 5.09. The first-order chi connectivity index (χ1) is 21.4. The predicted molar refractivity (Wildman–Crippen MR) is 182 cm³/mol. The number of nitrogen functional groups attached to an aromatic ring is 2. The molecule has 1 aromatic rings. The zero-order valence-electron chi connectivity index (χ0n) is 28.7. The summed E-state index contributed by atoms with van der Waals surface area (Å²) in [7, 11) is 0. The lowest BCUT2D eigenvalue weighted by atomic mass is 9.47. The number of carbonyl (C=O) groups is 2. The van der Waals surface area contributed by atoms with Gasteiger partial charge in [-0.15, -0.1) is 0 Å². The van der Waals surface area contributed by atoms with Gasteiger partial charge in [0.2, 0.25) is 0 Å². The third-order valence-electron chi connectivity index (χ3n) is 12.7. The Labute approximate surface area is 272 Å². The molecular weight excluding hydrogens is 560 g/mol. The van der Waals surface area contributed by atoms with Gasteiger partial charge in [-0.05, 0) is 121 Å². The summed E-state index contributed by atoms with van der Waals surface area (Å²) in [4.78, 5) is 24.9. The van der Waals surface area contributed by atoms with Crippen molar-refractivity contribution in [1.82, 2.24) is 0 Å². The molecule has 0 amide bonds. The van der Waals surface area contributed by atoms with Crippen molar-refractivity contribution in [3.8, 4) is 0 Å². The molecule has 0 aliphatic heterocycles. The molecule has 8 unspecified atom stereocenters. The Morgan fingerprint density at radius 3 is 2.40 bits per heavy atom. The molecule has 1 aromatic carbocycles. The number of nitrogens with two attached hydrogens (primary N) is 2. The van der Waals surface area contributed by atoms with E-state index in [0.717, 1.165) is 60.3 Å². The number of esters is 2. The van der Waals surface area contributed by atoms with Crippen molar-refractivity contribution in [1.29, 1.82) is 0 Å². The van der Waals surface area contributed by atoms with Crippen molar-refractivity contribution in [2.24, 2.45) is 46.3 Å². The zero-order chi connectivity index (χ0) is 32.4. The highest BCUT2D eigenvalue weighted by Crippen LogP contribution is 2.67. The molecule has 3 saturated carbocycles. The molecule has 0 bridgehead atoms. The van der Waals surface area contributed by atoms with Crippen LogP contribution in [0.1, 0.15) is 124 Å². The van der Waals surface area contributed by atoms with Gasteiger partial charge >= 0.3 is 11.9 Å². The van der Waals surface area contributed by atoms with Crippen LogP contribution in [0.25, 0.3) is 0 Å². The molecule has 45 heavy (non-hydrogen) atoms. The van der Waals surface area contributed by atoms with Crippen molar-refractivity contribution >= 4 is 23.3 Å². The first-order valence-electron chi connectivity index (χ1n) is 18.1. The number of rotatable bonds is 12. The van der Waals surface area contributed by atoms with Gasteiger partial charge < -0.3 is 20.9 Å². The number of ether oxygens (including phenoxy) is 2. The average Bonchev–Trinajstić information content (AvgIpc) is 3.32. The highest BCUT2D eigenvalue weighted by Gasteiger charge is 2.59. The molecule has 8 atom stereocenters. The molecule has 0 saturated heterocycles. The van der Waals surface area contributed by atoms with Crippen LogP contribution in [0.3, 0.4) is 0 Å². The van der Waals surface area contributed by atoms with Gasteiger partial charge in [-0.2, -0.15) is 0 Å². The zero-order valence-corrected chi connectivity index (χ0v) is 28.7. The van der Waals surface area contributed by atoms with E-state index in [-0.39, 0.29) is 42.9 Å². The molecule has 4 aliphatic carbocycles. The quantitative estimate of drug-likeness (QED) is 0.105. The summed E-state index contributed by atoms with van der Waals surface area (Å²) in [5.74, 6) is 4.43. The molecule has 3 fully saturated rings. The number of fused-ring (bicyclic) bond motifs is 5. The van der Waals surface area contributed by atoms with Crippen LogP contribution in [0.5, 0.6) is 0 Å². The number of hydrogen-bond acceptors (Lipinski definition) is 6. The maximum absolute atomic E-state index is 12.7. The Kier molecular flexibility index (Phi) is 10.6. The second kappa shape index (κ2) is 14.1. The van der Waals surface area contributed by atoms with Crippen LogP contribution in [0.2, 0.25) is 0 Å². The summed E-state index contributed by atoms with van der Waals surface area (Å²) in [5, 5.41) is 0. The van der Waals surface area contributed by atoms with Crippen LogP contribution in [-0.4, -0.2) is 24.6 Å². The van der Waals surface area contributed by atoms with Gasteiger partial charge in [0.25, 0.3) is 0 Å². The second-order valence-electron chi connectivity index (χ2n) is 16.2. The molecule has 0 heterocycles. The van der Waals surface area contributed by atoms with Gasteiger partial charge in [0, 0.05) is 24.2 Å². The molecule has 4 N–H and O–H groups in total. The van der Waals surface area contributed by atoms with Gasteiger partial charge in [0.15, 0.2) is 0 Å². The fourth-order valence-electron chi connectivity index (χ4n) is 10.5. The number of carbonyl (C=O) groups excluding carboxylic acids is 2. The molecule has 0 aromatic heterocycles. The summed E-state index contributed by atoms with van der Waals surface area (Å²) in [5.41, 5.74) is 15.7. The van der Waals surface area contributed by atoms with Crippen LogP contribution in [0.4, 0.5) is 11.4 Å². The van der Waals surface area contributed by atoms with Gasteiger partial charge in [0.05, 0.1) is 13.0 Å². The van der Waals surface area contributed by atoms with E-state index in [9.17, 15) is 9.59 Å². The van der Waals surface area contributed by atoms with Crippen LogP contribution < -0.4 is 11.5 Å². The molecular formula is C39H60N2O4. The van der Waals surface area contributed by atoms with Crippen LogP contribution in [-0.2, 0) is 25.5 Å². The van der Waals surface area contributed by atoms with Crippen molar-refractivity contribution in [3.05, 3.63) is 35.4 Å². The van der Waals surface area contributed by atoms with E-state index in [1.807, 2.05) is 0 Å². The van der Waals surface area contributed by atoms with E-state index in [0.29, 0.717) is 23.2 Å². The topological polar surface area (TPSA) is 105 Å². The normalized spacial score (nSPS) is 33.0. The summed E-state index contributed by atoms with van der Waals surface area (Å²) in [6.07, 6.45) is 17.2. The highest BCUT2D eigenvalue weighted by molar-refractivity contribution is 5.74. The monoisotopic (exact) mass is 620 g/mol. The number of allylic oxidation sites excluding steroid dienone is 1. The smallest absolute Gasteiger partial charge is 0.310 e. The fourth-order valence-corrected chi connectivity index (χ4v) is 10.5. The number of hydrogen-bond donors (Lipinski definition) is 2. The van der Waals surface area contributed by atoms with E-state index in [1.165, 1.54) is 51.4 Å². The number of anilines is 2. The second-order valence-corrected chi connectivity index (χ2v) is 16.2. The minimum atomic E-state index is -0.352. The third kappa shape index (κ3) is 7.57. The van der Waals surface area contributed by atoms with E-state index >= 15 is 0 Å². The molecule has 6 heteroatoms. The van der Waals surface area contributed by atoms with Gasteiger partial charge in [0.1, 0.15) is 6.10 Å². The Morgan fingerprint density at radius 2 is 1.67 bits per heavy atom. The van der Waals surface area contributed by atoms with Crippen LogP contribution in [0, 0.1) is 46.3 Å². The largest absolute Gasteiger partial charge is 0.465 e. The Bertz CT molecular complexity index is 1220. The lowest BCUT2D eigenvalue weighted by Crippen LogP contribution is -2.51. The SMILES string of the molecule is CC(C)CCCC(C)C1CCC2C3CC=C4CC(OC(=O)CCCOC(=O)Cc5cc(N)cc(N)c5)CCC4(C)C3CCC12C. The summed E-state index contributed by atoms with van der Waals surface area (Å²) in [6.45, 7) is 12.7.